The summed E-state index contributed by atoms with van der Waals surface area (Å²) in [6, 6.07) is 5.21. The Kier molecular flexibility index (Phi) is 14.5. The van der Waals surface area contributed by atoms with E-state index in [9.17, 15) is 34.2 Å². The Hall–Kier alpha value is -4.48. The number of rotatable bonds is 22. The van der Waals surface area contributed by atoms with Crippen LogP contribution in [-0.4, -0.2) is 68.1 Å². The number of hydrogen-bond acceptors (Lipinski definition) is 9. The number of esters is 2. The maximum atomic E-state index is 13.8. The van der Waals surface area contributed by atoms with Gasteiger partial charge in [0.2, 0.25) is 11.5 Å². The predicted molar refractivity (Wildman–Crippen MR) is 202 cm³/mol. The second kappa shape index (κ2) is 19.2. The van der Waals surface area contributed by atoms with Crippen molar-refractivity contribution in [2.75, 3.05) is 6.61 Å². The molecule has 1 aromatic carbocycles. The van der Waals surface area contributed by atoms with Crippen molar-refractivity contribution in [3.05, 3.63) is 46.7 Å². The zero-order chi connectivity index (χ0) is 38.7. The molecule has 0 spiro atoms. The summed E-state index contributed by atoms with van der Waals surface area (Å²) in [5.74, 6) is -3.55. The average molecular weight is 748 g/mol. The van der Waals surface area contributed by atoms with Crippen LogP contribution in [-0.2, 0) is 40.0 Å². The SMILES string of the molecule is CCCCCCCCCCCCCCCCC(NC(=O)CCC(=O)O[C@]1(CC)C(=O)OCC2=C1CC1c3nc4ccc(O)cc4cc3CN1C2=O)C(=O)O. The van der Waals surface area contributed by atoms with Crippen LogP contribution in [0.5, 0.6) is 5.75 Å². The number of carboxylic acids is 1. The van der Waals surface area contributed by atoms with E-state index < -0.39 is 41.5 Å². The molecule has 294 valence electrons. The predicted octanol–water partition coefficient (Wildman–Crippen LogP) is 7.49. The number of carboxylic acid groups (broad SMARTS) is 1. The fourth-order valence-corrected chi connectivity index (χ4v) is 8.11. The van der Waals surface area contributed by atoms with Crippen LogP contribution in [0, 0.1) is 0 Å². The molecule has 0 saturated carbocycles. The first kappa shape index (κ1) is 40.7. The van der Waals surface area contributed by atoms with Crippen molar-refractivity contribution in [1.82, 2.24) is 15.2 Å². The summed E-state index contributed by atoms with van der Waals surface area (Å²) in [7, 11) is 0. The van der Waals surface area contributed by atoms with Crippen molar-refractivity contribution in [2.45, 2.75) is 160 Å². The molecule has 3 aliphatic heterocycles. The zero-order valence-electron chi connectivity index (χ0n) is 32.0. The molecule has 2 aromatic rings. The van der Waals surface area contributed by atoms with Crippen molar-refractivity contribution in [3.8, 4) is 5.75 Å². The van der Waals surface area contributed by atoms with Gasteiger partial charge in [0.15, 0.2) is 0 Å². The minimum Gasteiger partial charge on any atom is -0.508 e. The number of carbonyl (C=O) groups excluding carboxylic acids is 4. The number of ether oxygens (including phenoxy) is 2. The van der Waals surface area contributed by atoms with Crippen LogP contribution in [0.1, 0.15) is 153 Å². The Morgan fingerprint density at radius 2 is 1.59 bits per heavy atom. The average Bonchev–Trinajstić information content (AvgIpc) is 3.51. The number of hydrogen-bond donors (Lipinski definition) is 3. The highest BCUT2D eigenvalue weighted by Crippen LogP contribution is 2.48. The van der Waals surface area contributed by atoms with E-state index >= 15 is 0 Å². The summed E-state index contributed by atoms with van der Waals surface area (Å²) in [6.45, 7) is 3.96. The lowest BCUT2D eigenvalue weighted by molar-refractivity contribution is -0.182. The summed E-state index contributed by atoms with van der Waals surface area (Å²) < 4.78 is 11.3. The number of amides is 2. The number of nitrogens with one attached hydrogen (secondary N) is 1. The summed E-state index contributed by atoms with van der Waals surface area (Å²) in [5, 5.41) is 23.0. The Morgan fingerprint density at radius 3 is 2.22 bits per heavy atom. The van der Waals surface area contributed by atoms with Crippen LogP contribution < -0.4 is 5.32 Å². The van der Waals surface area contributed by atoms with Gasteiger partial charge in [-0.05, 0) is 54.7 Å². The number of aromatic hydroxyl groups is 1. The molecule has 0 saturated heterocycles. The fraction of sp³-hybridized carbons (Fsp3) is 0.619. The number of pyridine rings is 1. The molecule has 1 aromatic heterocycles. The highest BCUT2D eigenvalue weighted by atomic mass is 16.6. The van der Waals surface area contributed by atoms with E-state index in [2.05, 4.69) is 12.2 Å². The van der Waals surface area contributed by atoms with E-state index in [0.717, 1.165) is 30.2 Å². The largest absolute Gasteiger partial charge is 0.508 e. The number of carbonyl (C=O) groups is 5. The van der Waals surface area contributed by atoms with Crippen LogP contribution in [0.3, 0.4) is 0 Å². The van der Waals surface area contributed by atoms with Gasteiger partial charge in [-0.2, -0.15) is 0 Å². The Balaban J connectivity index is 1.08. The van der Waals surface area contributed by atoms with E-state index in [1.807, 2.05) is 6.07 Å². The molecular formula is C42H57N3O9. The molecule has 0 radical (unpaired) electrons. The van der Waals surface area contributed by atoms with E-state index in [4.69, 9.17) is 14.5 Å². The van der Waals surface area contributed by atoms with Gasteiger partial charge in [-0.1, -0.05) is 104 Å². The third-order valence-electron chi connectivity index (χ3n) is 11.2. The van der Waals surface area contributed by atoms with Crippen LogP contribution >= 0.6 is 0 Å². The number of aliphatic carboxylic acids is 1. The number of aromatic nitrogens is 1. The van der Waals surface area contributed by atoms with Crippen molar-refractivity contribution >= 4 is 40.6 Å². The smallest absolute Gasteiger partial charge is 0.355 e. The maximum Gasteiger partial charge on any atom is 0.355 e. The quantitative estimate of drug-likeness (QED) is 0.0809. The molecule has 3 N–H and O–H groups in total. The normalized spacial score (nSPS) is 19.6. The highest BCUT2D eigenvalue weighted by molar-refractivity contribution is 6.01. The highest BCUT2D eigenvalue weighted by Gasteiger charge is 2.55. The van der Waals surface area contributed by atoms with Crippen molar-refractivity contribution in [1.29, 1.82) is 0 Å². The molecular weight excluding hydrogens is 690 g/mol. The van der Waals surface area contributed by atoms with Gasteiger partial charge in [-0.25, -0.2) is 9.59 Å². The van der Waals surface area contributed by atoms with E-state index in [0.29, 0.717) is 36.2 Å². The lowest BCUT2D eigenvalue weighted by atomic mass is 9.78. The van der Waals surface area contributed by atoms with Gasteiger partial charge in [-0.3, -0.25) is 19.4 Å². The number of phenols is 1. The second-order valence-corrected chi connectivity index (χ2v) is 15.1. The van der Waals surface area contributed by atoms with Gasteiger partial charge in [0.05, 0.1) is 29.2 Å². The van der Waals surface area contributed by atoms with E-state index in [-0.39, 0.29) is 49.5 Å². The molecule has 12 heteroatoms. The lowest BCUT2D eigenvalue weighted by Crippen LogP contribution is -2.54. The van der Waals surface area contributed by atoms with Gasteiger partial charge in [0, 0.05) is 18.4 Å². The molecule has 2 amide bonds. The van der Waals surface area contributed by atoms with Crippen molar-refractivity contribution < 1.29 is 43.7 Å². The first-order valence-corrected chi connectivity index (χ1v) is 20.1. The van der Waals surface area contributed by atoms with Crippen LogP contribution in [0.4, 0.5) is 0 Å². The summed E-state index contributed by atoms with van der Waals surface area (Å²) >= 11 is 0. The molecule has 5 rings (SSSR count). The monoisotopic (exact) mass is 747 g/mol. The number of nitrogens with zero attached hydrogens (tertiary/aromatic N) is 2. The van der Waals surface area contributed by atoms with Crippen molar-refractivity contribution in [2.24, 2.45) is 0 Å². The number of fused-ring (bicyclic) bond motifs is 4. The molecule has 4 heterocycles. The molecule has 0 bridgehead atoms. The zero-order valence-corrected chi connectivity index (χ0v) is 32.0. The van der Waals surface area contributed by atoms with Gasteiger partial charge < -0.3 is 29.9 Å². The van der Waals surface area contributed by atoms with Crippen LogP contribution in [0.25, 0.3) is 10.9 Å². The minimum absolute atomic E-state index is 0.0141. The standard InChI is InChI=1S/C42H57N3O9/c1-3-5-6-7-8-9-10-11-12-13-14-15-16-17-18-34(40(50)51)43-36(47)21-22-37(48)54-42(4-2)32-25-35-38-29(23-28-24-30(46)19-20-33(28)44-38)26-45(35)39(49)31(32)27-53-41(42)52/h19-20,23-24,34-35,46H,3-18,21-22,25-27H2,1-2H3,(H,43,47)(H,50,51)/t34?,35?,42-/m0/s1. The first-order valence-electron chi connectivity index (χ1n) is 20.1. The molecule has 3 atom stereocenters. The molecule has 2 unspecified atom stereocenters. The van der Waals surface area contributed by atoms with Gasteiger partial charge >= 0.3 is 17.9 Å². The third kappa shape index (κ3) is 9.78. The third-order valence-corrected chi connectivity index (χ3v) is 11.2. The lowest BCUT2D eigenvalue weighted by Gasteiger charge is -2.42. The second-order valence-electron chi connectivity index (χ2n) is 15.1. The Morgan fingerprint density at radius 1 is 0.944 bits per heavy atom. The minimum atomic E-state index is -1.84. The topological polar surface area (TPSA) is 172 Å². The number of benzene rings is 1. The number of unbranched alkanes of at least 4 members (excludes halogenated alkanes) is 13. The fourth-order valence-electron chi connectivity index (χ4n) is 8.11. The van der Waals surface area contributed by atoms with Crippen LogP contribution in [0.2, 0.25) is 0 Å². The molecule has 0 fully saturated rings. The molecule has 54 heavy (non-hydrogen) atoms. The van der Waals surface area contributed by atoms with Gasteiger partial charge in [0.1, 0.15) is 18.4 Å². The van der Waals surface area contributed by atoms with E-state index in [1.165, 1.54) is 64.2 Å². The van der Waals surface area contributed by atoms with Crippen molar-refractivity contribution in [3.63, 3.8) is 0 Å². The summed E-state index contributed by atoms with van der Waals surface area (Å²) in [5.41, 5.74) is 0.965. The Labute approximate surface area is 318 Å². The summed E-state index contributed by atoms with van der Waals surface area (Å²) in [6.07, 6.45) is 16.5. The molecule has 3 aliphatic rings. The van der Waals surface area contributed by atoms with Crippen LogP contribution in [0.15, 0.2) is 35.4 Å². The van der Waals surface area contributed by atoms with Gasteiger partial charge in [-0.15, -0.1) is 0 Å². The number of phenolic OH excluding ortho intramolecular Hbond substituents is 1. The molecule has 12 nitrogen and oxygen atoms in total. The van der Waals surface area contributed by atoms with Gasteiger partial charge in [0.25, 0.3) is 5.91 Å². The summed E-state index contributed by atoms with van der Waals surface area (Å²) in [4.78, 5) is 71.6. The molecule has 0 aliphatic carbocycles. The van der Waals surface area contributed by atoms with E-state index in [1.54, 1.807) is 30.0 Å². The first-order chi connectivity index (χ1) is 26.1. The Bertz CT molecular complexity index is 1720. The maximum absolute atomic E-state index is 13.8. The number of cyclic esters (lactones) is 1.